The van der Waals surface area contributed by atoms with Crippen LogP contribution in [0.4, 0.5) is 13.9 Å². The Balaban J connectivity index is 1.67. The molecule has 0 saturated heterocycles. The van der Waals surface area contributed by atoms with Crippen LogP contribution in [0, 0.1) is 18.6 Å². The van der Waals surface area contributed by atoms with E-state index in [1.807, 2.05) is 31.2 Å². The van der Waals surface area contributed by atoms with Gasteiger partial charge in [-0.25, -0.2) is 8.78 Å². The van der Waals surface area contributed by atoms with E-state index in [0.717, 1.165) is 35.7 Å². The molecular formula is C26H31F2N5O3S. The summed E-state index contributed by atoms with van der Waals surface area (Å²) < 4.78 is 27.1. The van der Waals surface area contributed by atoms with E-state index < -0.39 is 23.8 Å². The van der Waals surface area contributed by atoms with E-state index in [1.165, 1.54) is 16.2 Å². The number of halogens is 2. The highest BCUT2D eigenvalue weighted by Gasteiger charge is 2.24. The largest absolute Gasteiger partial charge is 0.390 e. The Morgan fingerprint density at radius 3 is 2.43 bits per heavy atom. The Bertz CT molecular complexity index is 1200. The van der Waals surface area contributed by atoms with Crippen LogP contribution in [0.3, 0.4) is 0 Å². The third-order valence-electron chi connectivity index (χ3n) is 5.76. The molecule has 2 atom stereocenters. The zero-order valence-electron chi connectivity index (χ0n) is 20.8. The summed E-state index contributed by atoms with van der Waals surface area (Å²) in [5.41, 5.74) is 8.41. The first-order chi connectivity index (χ1) is 17.6. The molecule has 0 radical (unpaired) electrons. The molecule has 198 valence electrons. The van der Waals surface area contributed by atoms with Crippen molar-refractivity contribution in [2.24, 2.45) is 5.73 Å². The molecule has 0 bridgehead atoms. The number of nitrogens with one attached hydrogen (secondary N) is 1. The first-order valence-electron chi connectivity index (χ1n) is 12.0. The minimum atomic E-state index is -1.16. The lowest BCUT2D eigenvalue weighted by atomic mass is 10.0. The minimum Gasteiger partial charge on any atom is -0.390 e. The number of nitrogens with zero attached hydrogens (tertiary/aromatic N) is 3. The van der Waals surface area contributed by atoms with Gasteiger partial charge in [-0.2, -0.15) is 0 Å². The number of nitrogens with two attached hydrogens (primary N) is 1. The molecule has 3 rings (SSSR count). The Labute approximate surface area is 218 Å². The molecule has 1 heterocycles. The van der Waals surface area contributed by atoms with Crippen molar-refractivity contribution in [1.82, 2.24) is 15.1 Å². The molecule has 2 aromatic carbocycles. The van der Waals surface area contributed by atoms with Crippen molar-refractivity contribution in [3.05, 3.63) is 75.8 Å². The molecule has 2 amide bonds. The molecule has 8 nitrogen and oxygen atoms in total. The van der Waals surface area contributed by atoms with Gasteiger partial charge in [-0.15, -0.1) is 10.2 Å². The van der Waals surface area contributed by atoms with E-state index in [1.54, 1.807) is 6.92 Å². The number of rotatable bonds is 12. The predicted octanol–water partition coefficient (Wildman–Crippen LogP) is 3.37. The number of aromatic nitrogens is 2. The fourth-order valence-electron chi connectivity index (χ4n) is 3.83. The minimum absolute atomic E-state index is 0.0207. The third-order valence-corrected chi connectivity index (χ3v) is 6.51. The van der Waals surface area contributed by atoms with Gasteiger partial charge < -0.3 is 21.1 Å². The summed E-state index contributed by atoms with van der Waals surface area (Å²) in [7, 11) is 0. The lowest BCUT2D eigenvalue weighted by Gasteiger charge is -2.28. The summed E-state index contributed by atoms with van der Waals surface area (Å²) in [4.78, 5) is 26.9. The van der Waals surface area contributed by atoms with Crippen LogP contribution in [-0.4, -0.2) is 50.7 Å². The standard InChI is InChI=1S/C26H31F2N5O3S/c1-3-17-5-4-6-18(9-17)14-33(25(36)8-7-24(35)30-26-32-31-16(2)37-26)15-23(34)22(29)12-19-10-20(27)13-21(28)11-19/h4-6,9-11,13,22-23,34H,3,7-8,12,14-15,29H2,1-2H3,(H,30,32,35)/t22-,23+/m0/s1. The monoisotopic (exact) mass is 531 g/mol. The fraction of sp³-hybridized carbons (Fsp3) is 0.385. The highest BCUT2D eigenvalue weighted by atomic mass is 32.1. The quantitative estimate of drug-likeness (QED) is 0.330. The van der Waals surface area contributed by atoms with Crippen molar-refractivity contribution in [1.29, 1.82) is 0 Å². The van der Waals surface area contributed by atoms with Crippen LogP contribution in [-0.2, 0) is 29.0 Å². The number of hydrogen-bond donors (Lipinski definition) is 3. The molecule has 0 aliphatic carbocycles. The second kappa shape index (κ2) is 13.3. The average Bonchev–Trinajstić information content (AvgIpc) is 3.25. The van der Waals surface area contributed by atoms with E-state index in [2.05, 4.69) is 15.5 Å². The van der Waals surface area contributed by atoms with Crippen molar-refractivity contribution in [3.8, 4) is 0 Å². The summed E-state index contributed by atoms with van der Waals surface area (Å²) in [5.74, 6) is -2.17. The summed E-state index contributed by atoms with van der Waals surface area (Å²) >= 11 is 1.23. The first kappa shape index (κ1) is 28.3. The topological polar surface area (TPSA) is 121 Å². The van der Waals surface area contributed by atoms with Crippen LogP contribution in [0.25, 0.3) is 0 Å². The summed E-state index contributed by atoms with van der Waals surface area (Å²) in [6.45, 7) is 3.90. The van der Waals surface area contributed by atoms with Gasteiger partial charge in [0.15, 0.2) is 0 Å². The molecule has 0 spiro atoms. The smallest absolute Gasteiger partial charge is 0.226 e. The predicted molar refractivity (Wildman–Crippen MR) is 138 cm³/mol. The van der Waals surface area contributed by atoms with Crippen molar-refractivity contribution in [2.75, 3.05) is 11.9 Å². The molecule has 0 aliphatic heterocycles. The molecule has 4 N–H and O–H groups in total. The summed E-state index contributed by atoms with van der Waals surface area (Å²) in [5, 5.41) is 22.2. The van der Waals surface area contributed by atoms with Gasteiger partial charge in [0, 0.05) is 38.0 Å². The van der Waals surface area contributed by atoms with Gasteiger partial charge in [-0.1, -0.05) is 42.5 Å². The van der Waals surface area contributed by atoms with Crippen molar-refractivity contribution in [3.63, 3.8) is 0 Å². The highest BCUT2D eigenvalue weighted by Crippen LogP contribution is 2.16. The number of aryl methyl sites for hydroxylation is 2. The van der Waals surface area contributed by atoms with E-state index in [0.29, 0.717) is 15.7 Å². The Kier molecular flexibility index (Phi) is 10.2. The molecule has 0 saturated carbocycles. The number of anilines is 1. The summed E-state index contributed by atoms with van der Waals surface area (Å²) in [6, 6.07) is 9.95. The van der Waals surface area contributed by atoms with Gasteiger partial charge in [-0.05, 0) is 48.6 Å². The zero-order chi connectivity index (χ0) is 26.9. The zero-order valence-corrected chi connectivity index (χ0v) is 21.6. The Morgan fingerprint density at radius 1 is 1.08 bits per heavy atom. The van der Waals surface area contributed by atoms with Gasteiger partial charge >= 0.3 is 0 Å². The van der Waals surface area contributed by atoms with E-state index in [4.69, 9.17) is 5.73 Å². The van der Waals surface area contributed by atoms with Gasteiger partial charge in [0.05, 0.1) is 6.10 Å². The number of hydrogen-bond acceptors (Lipinski definition) is 7. The van der Waals surface area contributed by atoms with Crippen LogP contribution in [0.2, 0.25) is 0 Å². The van der Waals surface area contributed by atoms with Crippen LogP contribution in [0.1, 0.15) is 41.5 Å². The van der Waals surface area contributed by atoms with Crippen LogP contribution in [0.15, 0.2) is 42.5 Å². The van der Waals surface area contributed by atoms with Crippen molar-refractivity contribution in [2.45, 2.75) is 58.2 Å². The lowest BCUT2D eigenvalue weighted by molar-refractivity contribution is -0.135. The van der Waals surface area contributed by atoms with Crippen LogP contribution >= 0.6 is 11.3 Å². The number of amides is 2. The van der Waals surface area contributed by atoms with E-state index >= 15 is 0 Å². The van der Waals surface area contributed by atoms with Crippen LogP contribution in [0.5, 0.6) is 0 Å². The maximum atomic E-state index is 13.6. The molecule has 0 unspecified atom stereocenters. The average molecular weight is 532 g/mol. The summed E-state index contributed by atoms with van der Waals surface area (Å²) in [6.07, 6.45) is -0.484. The van der Waals surface area contributed by atoms with Gasteiger partial charge in [0.2, 0.25) is 16.9 Å². The number of aliphatic hydroxyl groups is 1. The number of aliphatic hydroxyl groups excluding tert-OH is 1. The number of benzene rings is 2. The molecule has 11 heteroatoms. The SMILES string of the molecule is CCc1cccc(CN(C[C@@H](O)[C@@H](N)Cc2cc(F)cc(F)c2)C(=O)CCC(=O)Nc2nnc(C)s2)c1. The molecular weight excluding hydrogens is 500 g/mol. The maximum absolute atomic E-state index is 13.6. The maximum Gasteiger partial charge on any atom is 0.226 e. The van der Waals surface area contributed by atoms with Gasteiger partial charge in [-0.3, -0.25) is 9.59 Å². The second-order valence-corrected chi connectivity index (χ2v) is 10.0. The van der Waals surface area contributed by atoms with E-state index in [-0.39, 0.29) is 44.2 Å². The van der Waals surface area contributed by atoms with Gasteiger partial charge in [0.1, 0.15) is 16.6 Å². The third kappa shape index (κ3) is 8.96. The molecule has 3 aromatic rings. The first-order valence-corrected chi connectivity index (χ1v) is 12.8. The Hall–Kier alpha value is -3.28. The van der Waals surface area contributed by atoms with Gasteiger partial charge in [0.25, 0.3) is 0 Å². The molecule has 1 aromatic heterocycles. The fourth-order valence-corrected chi connectivity index (χ4v) is 4.44. The van der Waals surface area contributed by atoms with Crippen LogP contribution < -0.4 is 11.1 Å². The lowest BCUT2D eigenvalue weighted by Crippen LogP contribution is -2.46. The molecule has 37 heavy (non-hydrogen) atoms. The normalized spacial score (nSPS) is 12.7. The van der Waals surface area contributed by atoms with E-state index in [9.17, 15) is 23.5 Å². The number of carbonyl (C=O) groups excluding carboxylic acids is 2. The molecule has 0 fully saturated rings. The van der Waals surface area contributed by atoms with Crippen molar-refractivity contribution < 1.29 is 23.5 Å². The Morgan fingerprint density at radius 2 is 1.78 bits per heavy atom. The molecule has 0 aliphatic rings. The highest BCUT2D eigenvalue weighted by molar-refractivity contribution is 7.15. The number of carbonyl (C=O) groups is 2. The second-order valence-electron chi connectivity index (χ2n) is 8.84. The van der Waals surface area contributed by atoms with Crippen molar-refractivity contribution >= 4 is 28.3 Å².